The van der Waals surface area contributed by atoms with Gasteiger partial charge in [0.05, 0.1) is 5.69 Å². The third kappa shape index (κ3) is 7.10. The molecule has 3 N–H and O–H groups in total. The van der Waals surface area contributed by atoms with E-state index in [9.17, 15) is 18.0 Å². The van der Waals surface area contributed by atoms with Crippen molar-refractivity contribution in [2.45, 2.75) is 39.7 Å². The summed E-state index contributed by atoms with van der Waals surface area (Å²) in [6, 6.07) is 20.2. The fraction of sp³-hybridized carbons (Fsp3) is 0.222. The third-order valence-electron chi connectivity index (χ3n) is 5.46. The van der Waals surface area contributed by atoms with Gasteiger partial charge in [0.2, 0.25) is 11.9 Å². The number of anilines is 3. The van der Waals surface area contributed by atoms with E-state index in [0.717, 1.165) is 35.5 Å². The summed E-state index contributed by atoms with van der Waals surface area (Å²) < 4.78 is 43.0. The summed E-state index contributed by atoms with van der Waals surface area (Å²) in [6.07, 6.45) is -4.81. The fourth-order valence-electron chi connectivity index (χ4n) is 3.57. The molecule has 1 aromatic heterocycles. The van der Waals surface area contributed by atoms with Crippen LogP contribution in [0.15, 0.2) is 72.8 Å². The van der Waals surface area contributed by atoms with Gasteiger partial charge in [0.15, 0.2) is 0 Å². The standard InChI is InChI=1S/C27H27F3N6O2/c1-17(2)31-16-19-8-10-20(11-9-19)32-25-34-26(33-24(37)23-7-5-4-6-18(23)3)36(35-25)21-12-14-22(15-13-21)38-27(28,29)30/h4-15,17,31H,16H2,1-3H3,(H2,32,33,34,35,37). The van der Waals surface area contributed by atoms with Crippen molar-refractivity contribution < 1.29 is 22.7 Å². The van der Waals surface area contributed by atoms with Crippen molar-refractivity contribution in [1.82, 2.24) is 20.1 Å². The summed E-state index contributed by atoms with van der Waals surface area (Å²) in [7, 11) is 0. The van der Waals surface area contributed by atoms with Crippen LogP contribution in [0.4, 0.5) is 30.8 Å². The fourth-order valence-corrected chi connectivity index (χ4v) is 3.57. The summed E-state index contributed by atoms with van der Waals surface area (Å²) in [6.45, 7) is 6.69. The molecule has 0 saturated carbocycles. The minimum Gasteiger partial charge on any atom is -0.406 e. The summed E-state index contributed by atoms with van der Waals surface area (Å²) in [4.78, 5) is 17.4. The zero-order valence-corrected chi connectivity index (χ0v) is 21.0. The number of rotatable bonds is 9. The van der Waals surface area contributed by atoms with Crippen LogP contribution in [0.1, 0.15) is 35.3 Å². The number of amides is 1. The van der Waals surface area contributed by atoms with E-state index in [4.69, 9.17) is 0 Å². The SMILES string of the molecule is Cc1ccccc1C(=O)Nc1nc(Nc2ccc(CNC(C)C)cc2)nn1-c1ccc(OC(F)(F)F)cc1. The average molecular weight is 525 g/mol. The minimum atomic E-state index is -4.81. The Kier molecular flexibility index (Phi) is 7.96. The largest absolute Gasteiger partial charge is 0.573 e. The highest BCUT2D eigenvalue weighted by atomic mass is 19.4. The summed E-state index contributed by atoms with van der Waals surface area (Å²) >= 11 is 0. The molecule has 0 saturated heterocycles. The number of ether oxygens (including phenoxy) is 1. The maximum atomic E-state index is 13.0. The maximum absolute atomic E-state index is 13.0. The molecule has 0 aliphatic heterocycles. The normalized spacial score (nSPS) is 11.4. The van der Waals surface area contributed by atoms with Gasteiger partial charge < -0.3 is 15.4 Å². The zero-order chi connectivity index (χ0) is 27.3. The number of alkyl halides is 3. The van der Waals surface area contributed by atoms with Gasteiger partial charge in [-0.05, 0) is 60.5 Å². The van der Waals surface area contributed by atoms with Gasteiger partial charge in [-0.1, -0.05) is 44.2 Å². The molecular formula is C27H27F3N6O2. The number of aromatic nitrogens is 3. The molecule has 0 aliphatic carbocycles. The number of halogens is 3. The van der Waals surface area contributed by atoms with Gasteiger partial charge in [0.25, 0.3) is 5.91 Å². The van der Waals surface area contributed by atoms with E-state index in [1.54, 1.807) is 12.1 Å². The van der Waals surface area contributed by atoms with Gasteiger partial charge in [-0.2, -0.15) is 9.67 Å². The molecule has 11 heteroatoms. The molecule has 198 valence electrons. The highest BCUT2D eigenvalue weighted by Gasteiger charge is 2.31. The average Bonchev–Trinajstić information content (AvgIpc) is 3.25. The molecule has 4 rings (SSSR count). The van der Waals surface area contributed by atoms with Gasteiger partial charge in [-0.15, -0.1) is 18.3 Å². The quantitative estimate of drug-likeness (QED) is 0.250. The van der Waals surface area contributed by atoms with E-state index >= 15 is 0 Å². The lowest BCUT2D eigenvalue weighted by molar-refractivity contribution is -0.274. The van der Waals surface area contributed by atoms with Gasteiger partial charge >= 0.3 is 6.36 Å². The number of hydrogen-bond acceptors (Lipinski definition) is 6. The van der Waals surface area contributed by atoms with E-state index < -0.39 is 12.3 Å². The van der Waals surface area contributed by atoms with Crippen molar-refractivity contribution in [2.24, 2.45) is 0 Å². The Hall–Kier alpha value is -4.38. The molecule has 1 amide bonds. The lowest BCUT2D eigenvalue weighted by Gasteiger charge is -2.11. The molecule has 0 unspecified atom stereocenters. The van der Waals surface area contributed by atoms with Crippen molar-refractivity contribution in [2.75, 3.05) is 10.6 Å². The Morgan fingerprint density at radius 2 is 1.68 bits per heavy atom. The van der Waals surface area contributed by atoms with Crippen LogP contribution in [-0.4, -0.2) is 33.1 Å². The van der Waals surface area contributed by atoms with Crippen molar-refractivity contribution in [3.8, 4) is 11.4 Å². The summed E-state index contributed by atoms with van der Waals surface area (Å²) in [5.74, 6) is -0.503. The molecule has 4 aromatic rings. The van der Waals surface area contributed by atoms with E-state index in [2.05, 4.69) is 44.6 Å². The molecule has 0 fully saturated rings. The first-order valence-electron chi connectivity index (χ1n) is 11.9. The number of nitrogens with zero attached hydrogens (tertiary/aromatic N) is 3. The molecule has 0 radical (unpaired) electrons. The van der Waals surface area contributed by atoms with Crippen LogP contribution >= 0.6 is 0 Å². The van der Waals surface area contributed by atoms with Crippen LogP contribution in [0.3, 0.4) is 0 Å². The second-order valence-corrected chi connectivity index (χ2v) is 8.84. The second-order valence-electron chi connectivity index (χ2n) is 8.84. The van der Waals surface area contributed by atoms with E-state index in [-0.39, 0.29) is 17.6 Å². The first-order valence-corrected chi connectivity index (χ1v) is 11.9. The molecule has 3 aromatic carbocycles. The third-order valence-corrected chi connectivity index (χ3v) is 5.46. The molecular weight excluding hydrogens is 497 g/mol. The number of aryl methyl sites for hydroxylation is 1. The molecule has 0 bridgehead atoms. The molecule has 0 aliphatic rings. The van der Waals surface area contributed by atoms with E-state index in [1.165, 1.54) is 16.8 Å². The van der Waals surface area contributed by atoms with E-state index in [0.29, 0.717) is 17.3 Å². The highest BCUT2D eigenvalue weighted by molar-refractivity contribution is 6.04. The minimum absolute atomic E-state index is 0.0861. The first-order chi connectivity index (χ1) is 18.1. The van der Waals surface area contributed by atoms with Crippen LogP contribution in [0.25, 0.3) is 5.69 Å². The topological polar surface area (TPSA) is 93.1 Å². The lowest BCUT2D eigenvalue weighted by Crippen LogP contribution is -2.21. The van der Waals surface area contributed by atoms with Gasteiger partial charge in [-0.25, -0.2) is 0 Å². The number of benzene rings is 3. The smallest absolute Gasteiger partial charge is 0.406 e. The number of hydrogen-bond donors (Lipinski definition) is 3. The highest BCUT2D eigenvalue weighted by Crippen LogP contribution is 2.26. The van der Waals surface area contributed by atoms with Gasteiger partial charge in [0, 0.05) is 23.8 Å². The van der Waals surface area contributed by atoms with Crippen LogP contribution in [0, 0.1) is 6.92 Å². The van der Waals surface area contributed by atoms with E-state index in [1.807, 2.05) is 43.3 Å². The first kappa shape index (κ1) is 26.7. The summed E-state index contributed by atoms with van der Waals surface area (Å²) in [5.41, 5.74) is 3.43. The van der Waals surface area contributed by atoms with Crippen molar-refractivity contribution in [3.05, 3.63) is 89.5 Å². The van der Waals surface area contributed by atoms with Gasteiger partial charge in [-0.3, -0.25) is 10.1 Å². The molecule has 0 spiro atoms. The Bertz CT molecular complexity index is 1380. The maximum Gasteiger partial charge on any atom is 0.573 e. The van der Waals surface area contributed by atoms with Gasteiger partial charge in [0.1, 0.15) is 5.75 Å². The van der Waals surface area contributed by atoms with Crippen LogP contribution in [0.5, 0.6) is 5.75 Å². The Balaban J connectivity index is 1.60. The van der Waals surface area contributed by atoms with Crippen LogP contribution in [-0.2, 0) is 6.54 Å². The Labute approximate surface area is 217 Å². The molecule has 8 nitrogen and oxygen atoms in total. The number of carbonyl (C=O) groups is 1. The summed E-state index contributed by atoms with van der Waals surface area (Å²) in [5, 5.41) is 13.6. The predicted molar refractivity (Wildman–Crippen MR) is 139 cm³/mol. The van der Waals surface area contributed by atoms with Crippen molar-refractivity contribution in [1.29, 1.82) is 0 Å². The van der Waals surface area contributed by atoms with Crippen molar-refractivity contribution >= 4 is 23.5 Å². The number of nitrogens with one attached hydrogen (secondary N) is 3. The Morgan fingerprint density at radius 3 is 2.32 bits per heavy atom. The van der Waals surface area contributed by atoms with Crippen LogP contribution in [0.2, 0.25) is 0 Å². The predicted octanol–water partition coefficient (Wildman–Crippen LogP) is 5.97. The number of carbonyl (C=O) groups excluding carboxylic acids is 1. The Morgan fingerprint density at radius 1 is 1.00 bits per heavy atom. The van der Waals surface area contributed by atoms with Crippen molar-refractivity contribution in [3.63, 3.8) is 0 Å². The lowest BCUT2D eigenvalue weighted by atomic mass is 10.1. The molecule has 38 heavy (non-hydrogen) atoms. The second kappa shape index (κ2) is 11.3. The monoisotopic (exact) mass is 524 g/mol. The van der Waals surface area contributed by atoms with Crippen LogP contribution < -0.4 is 20.7 Å². The zero-order valence-electron chi connectivity index (χ0n) is 21.0. The molecule has 0 atom stereocenters. The molecule has 1 heterocycles.